The molecule has 2 saturated heterocycles. The van der Waals surface area contributed by atoms with Gasteiger partial charge in [0.25, 0.3) is 0 Å². The van der Waals surface area contributed by atoms with Crippen molar-refractivity contribution >= 4 is 17.6 Å². The van der Waals surface area contributed by atoms with Crippen molar-refractivity contribution in [1.82, 2.24) is 16.0 Å². The highest BCUT2D eigenvalue weighted by atomic mass is 16.6. The summed E-state index contributed by atoms with van der Waals surface area (Å²) in [6, 6.07) is 14.0. The van der Waals surface area contributed by atoms with E-state index in [9.17, 15) is 19.5 Å². The monoisotopic (exact) mass is 509 g/mol. The summed E-state index contributed by atoms with van der Waals surface area (Å²) in [5.74, 6) is -0.495. The maximum atomic E-state index is 13.6. The van der Waals surface area contributed by atoms with Crippen molar-refractivity contribution in [2.45, 2.75) is 62.4 Å². The maximum Gasteiger partial charge on any atom is 0.243 e. The number of hydrogen-bond acceptors (Lipinski definition) is 7. The number of nitrogens with one attached hydrogen (secondary N) is 3. The predicted octanol–water partition coefficient (Wildman–Crippen LogP) is 0.921. The molecule has 2 amide bonds. The molecule has 2 heterocycles. The van der Waals surface area contributed by atoms with Crippen molar-refractivity contribution in [2.75, 3.05) is 20.3 Å². The van der Waals surface area contributed by atoms with Gasteiger partial charge in [0.05, 0.1) is 25.4 Å². The molecule has 2 aromatic rings. The number of ketones is 1. The Labute approximate surface area is 216 Å². The second kappa shape index (κ2) is 11.0. The number of aliphatic hydroxyl groups is 1. The van der Waals surface area contributed by atoms with Gasteiger partial charge in [-0.1, -0.05) is 42.5 Å². The fourth-order valence-corrected chi connectivity index (χ4v) is 4.62. The van der Waals surface area contributed by atoms with Crippen LogP contribution >= 0.6 is 0 Å². The second-order valence-electron chi connectivity index (χ2n) is 10.2. The molecular weight excluding hydrogens is 474 g/mol. The summed E-state index contributed by atoms with van der Waals surface area (Å²) >= 11 is 0. The van der Waals surface area contributed by atoms with Gasteiger partial charge in [0.15, 0.2) is 5.78 Å². The molecule has 9 heteroatoms. The van der Waals surface area contributed by atoms with Gasteiger partial charge in [-0.2, -0.15) is 0 Å². The lowest BCUT2D eigenvalue weighted by molar-refractivity contribution is -0.134. The van der Waals surface area contributed by atoms with Crippen LogP contribution in [0.4, 0.5) is 0 Å². The molecule has 198 valence electrons. The Hall–Kier alpha value is -3.27. The average molecular weight is 510 g/mol. The number of amides is 2. The Kier molecular flexibility index (Phi) is 7.96. The van der Waals surface area contributed by atoms with Crippen LogP contribution in [0.15, 0.2) is 54.6 Å². The third-order valence-electron chi connectivity index (χ3n) is 7.11. The lowest BCUT2D eigenvalue weighted by Crippen LogP contribution is -2.59. The summed E-state index contributed by atoms with van der Waals surface area (Å²) in [6.45, 7) is 4.11. The van der Waals surface area contributed by atoms with Crippen molar-refractivity contribution < 1.29 is 29.0 Å². The zero-order chi connectivity index (χ0) is 26.6. The van der Waals surface area contributed by atoms with E-state index in [1.165, 1.54) is 0 Å². The fraction of sp³-hybridized carbons (Fsp3) is 0.464. The Morgan fingerprint density at radius 1 is 1.03 bits per heavy atom. The van der Waals surface area contributed by atoms with Crippen LogP contribution in [0.25, 0.3) is 0 Å². The number of methoxy groups -OCH3 is 1. The fourth-order valence-electron chi connectivity index (χ4n) is 4.62. The number of rotatable bonds is 11. The second-order valence-corrected chi connectivity index (χ2v) is 10.2. The SMILES string of the molecule is COc1ccc(C[C@H](NC(=O)[C@@H]2NCC[C@@]2(C)O)C(=O)N[C@@H](Cc2ccccc2)C(=O)[C@@]2(C)CO2)cc1. The molecule has 0 radical (unpaired) electrons. The summed E-state index contributed by atoms with van der Waals surface area (Å²) in [6.07, 6.45) is 0.912. The Morgan fingerprint density at radius 2 is 1.65 bits per heavy atom. The minimum atomic E-state index is -1.23. The molecule has 0 bridgehead atoms. The quantitative estimate of drug-likeness (QED) is 0.332. The maximum absolute atomic E-state index is 13.6. The topological polar surface area (TPSA) is 129 Å². The average Bonchev–Trinajstić information content (AvgIpc) is 3.54. The number of epoxide rings is 1. The van der Waals surface area contributed by atoms with Gasteiger partial charge >= 0.3 is 0 Å². The summed E-state index contributed by atoms with van der Waals surface area (Å²) in [5, 5.41) is 19.3. The van der Waals surface area contributed by atoms with Crippen molar-refractivity contribution in [2.24, 2.45) is 0 Å². The largest absolute Gasteiger partial charge is 0.497 e. The van der Waals surface area contributed by atoms with Crippen molar-refractivity contribution in [3.63, 3.8) is 0 Å². The predicted molar refractivity (Wildman–Crippen MR) is 137 cm³/mol. The van der Waals surface area contributed by atoms with Crippen LogP contribution in [0.1, 0.15) is 31.4 Å². The van der Waals surface area contributed by atoms with Gasteiger partial charge in [0, 0.05) is 6.42 Å². The molecule has 0 aromatic heterocycles. The van der Waals surface area contributed by atoms with Crippen LogP contribution in [0.2, 0.25) is 0 Å². The smallest absolute Gasteiger partial charge is 0.243 e. The summed E-state index contributed by atoms with van der Waals surface area (Å²) in [5.41, 5.74) is -0.453. The number of Topliss-reactive ketones (excluding diaryl/α,β-unsaturated/α-hetero) is 1. The first-order chi connectivity index (χ1) is 17.6. The van der Waals surface area contributed by atoms with E-state index in [1.807, 2.05) is 42.5 Å². The van der Waals surface area contributed by atoms with Gasteiger partial charge in [0.2, 0.25) is 11.8 Å². The Morgan fingerprint density at radius 3 is 2.22 bits per heavy atom. The molecule has 4 rings (SSSR count). The first-order valence-electron chi connectivity index (χ1n) is 12.5. The van der Waals surface area contributed by atoms with Crippen molar-refractivity contribution in [3.8, 4) is 5.75 Å². The van der Waals surface area contributed by atoms with Crippen LogP contribution in [0, 0.1) is 0 Å². The molecule has 9 nitrogen and oxygen atoms in total. The number of carbonyl (C=O) groups excluding carboxylic acids is 3. The molecule has 2 aliphatic rings. The van der Waals surface area contributed by atoms with E-state index in [4.69, 9.17) is 9.47 Å². The van der Waals surface area contributed by atoms with Gasteiger partial charge in [-0.3, -0.25) is 14.4 Å². The minimum absolute atomic E-state index is 0.191. The first-order valence-corrected chi connectivity index (χ1v) is 12.5. The molecule has 2 aromatic carbocycles. The third kappa shape index (κ3) is 6.54. The van der Waals surface area contributed by atoms with Crippen LogP contribution in [0.5, 0.6) is 5.75 Å². The van der Waals surface area contributed by atoms with E-state index in [-0.39, 0.29) is 12.2 Å². The molecule has 5 atom stereocenters. The molecule has 0 aliphatic carbocycles. The molecule has 2 fully saturated rings. The highest BCUT2D eigenvalue weighted by Gasteiger charge is 2.50. The van der Waals surface area contributed by atoms with Gasteiger partial charge in [-0.05, 0) is 56.5 Å². The number of ether oxygens (including phenoxy) is 2. The number of hydrogen-bond donors (Lipinski definition) is 4. The highest BCUT2D eigenvalue weighted by molar-refractivity contribution is 5.98. The molecule has 37 heavy (non-hydrogen) atoms. The van der Waals surface area contributed by atoms with Gasteiger partial charge < -0.3 is 30.5 Å². The summed E-state index contributed by atoms with van der Waals surface area (Å²) in [7, 11) is 1.57. The standard InChI is InChI=1S/C28H35N3O6/c1-27(35)13-14-29-23(27)26(34)31-22(16-19-9-11-20(36-3)12-10-19)25(33)30-21(24(32)28(2)17-37-28)15-18-7-5-4-6-8-18/h4-12,21-23,29,35H,13-17H2,1-3H3,(H,30,33)(H,31,34)/t21-,22-,23-,27+,28+/m0/s1. The van der Waals surface area contributed by atoms with E-state index in [0.717, 1.165) is 11.1 Å². The lowest BCUT2D eigenvalue weighted by atomic mass is 9.94. The van der Waals surface area contributed by atoms with Crippen LogP contribution < -0.4 is 20.7 Å². The first kappa shape index (κ1) is 26.8. The van der Waals surface area contributed by atoms with Gasteiger partial charge in [0.1, 0.15) is 23.4 Å². The summed E-state index contributed by atoms with van der Waals surface area (Å²) < 4.78 is 10.6. The minimum Gasteiger partial charge on any atom is -0.497 e. The lowest BCUT2D eigenvalue weighted by Gasteiger charge is -2.28. The van der Waals surface area contributed by atoms with Gasteiger partial charge in [-0.15, -0.1) is 0 Å². The van der Waals surface area contributed by atoms with Crippen LogP contribution in [-0.4, -0.2) is 72.3 Å². The van der Waals surface area contributed by atoms with E-state index in [0.29, 0.717) is 31.7 Å². The van der Waals surface area contributed by atoms with Crippen molar-refractivity contribution in [1.29, 1.82) is 0 Å². The summed E-state index contributed by atoms with van der Waals surface area (Å²) in [4.78, 5) is 40.0. The van der Waals surface area contributed by atoms with E-state index >= 15 is 0 Å². The van der Waals surface area contributed by atoms with E-state index < -0.39 is 41.1 Å². The van der Waals surface area contributed by atoms with E-state index in [1.54, 1.807) is 33.1 Å². The molecule has 0 saturated carbocycles. The van der Waals surface area contributed by atoms with Crippen molar-refractivity contribution in [3.05, 3.63) is 65.7 Å². The van der Waals surface area contributed by atoms with Gasteiger partial charge in [-0.25, -0.2) is 0 Å². The Bertz CT molecular complexity index is 1110. The normalized spacial score (nSPS) is 26.1. The third-order valence-corrected chi connectivity index (χ3v) is 7.11. The zero-order valence-electron chi connectivity index (χ0n) is 21.5. The molecular formula is C28H35N3O6. The highest BCUT2D eigenvalue weighted by Crippen LogP contribution is 2.29. The molecule has 4 N–H and O–H groups in total. The molecule has 2 aliphatic heterocycles. The van der Waals surface area contributed by atoms with Crippen LogP contribution in [0.3, 0.4) is 0 Å². The Balaban J connectivity index is 1.55. The zero-order valence-corrected chi connectivity index (χ0v) is 21.5. The van der Waals surface area contributed by atoms with E-state index in [2.05, 4.69) is 16.0 Å². The molecule has 0 unspecified atom stereocenters. The number of benzene rings is 2. The van der Waals surface area contributed by atoms with Crippen LogP contribution in [-0.2, 0) is 32.0 Å². The number of carbonyl (C=O) groups is 3. The molecule has 0 spiro atoms.